The summed E-state index contributed by atoms with van der Waals surface area (Å²) in [6.07, 6.45) is -2.16. The van der Waals surface area contributed by atoms with Crippen LogP contribution in [0.5, 0.6) is 11.5 Å². The molecule has 0 bridgehead atoms. The third kappa shape index (κ3) is 4.14. The molecule has 1 fully saturated rings. The van der Waals surface area contributed by atoms with Gasteiger partial charge in [0, 0.05) is 19.6 Å². The van der Waals surface area contributed by atoms with Crippen LogP contribution in [-0.2, 0) is 13.2 Å². The zero-order chi connectivity index (χ0) is 18.7. The van der Waals surface area contributed by atoms with Gasteiger partial charge in [-0.3, -0.25) is 4.90 Å². The monoisotopic (exact) mass is 365 g/mol. The second kappa shape index (κ2) is 7.76. The number of furan rings is 1. The maximum absolute atomic E-state index is 13.4. The number of aliphatic hydroxyl groups excluding tert-OH is 1. The number of aromatic carboxylic acids is 1. The van der Waals surface area contributed by atoms with E-state index in [-0.39, 0.29) is 18.9 Å². The molecule has 1 saturated heterocycles. The summed E-state index contributed by atoms with van der Waals surface area (Å²) in [6.45, 7) is 1.05. The molecular formula is C18H20FNO6. The van der Waals surface area contributed by atoms with E-state index in [9.17, 15) is 14.3 Å². The van der Waals surface area contributed by atoms with Gasteiger partial charge < -0.3 is 24.1 Å². The highest BCUT2D eigenvalue weighted by Gasteiger charge is 2.31. The molecule has 7 nitrogen and oxygen atoms in total. The minimum Gasteiger partial charge on any atom is -0.493 e. The van der Waals surface area contributed by atoms with E-state index in [0.717, 1.165) is 5.56 Å². The molecule has 2 atom stereocenters. The number of ether oxygens (including phenoxy) is 2. The Balaban J connectivity index is 1.63. The predicted octanol–water partition coefficient (Wildman–Crippen LogP) is 2.08. The van der Waals surface area contributed by atoms with E-state index in [1.807, 2.05) is 11.0 Å². The van der Waals surface area contributed by atoms with Gasteiger partial charge in [-0.15, -0.1) is 0 Å². The molecule has 2 heterocycles. The minimum absolute atomic E-state index is 0.0604. The minimum atomic E-state index is -1.22. The molecule has 0 saturated carbocycles. The van der Waals surface area contributed by atoms with Gasteiger partial charge in [0.05, 0.1) is 13.2 Å². The highest BCUT2D eigenvalue weighted by atomic mass is 19.1. The molecule has 0 spiro atoms. The fourth-order valence-corrected chi connectivity index (χ4v) is 2.86. The van der Waals surface area contributed by atoms with Gasteiger partial charge in [0.25, 0.3) is 0 Å². The largest absolute Gasteiger partial charge is 0.493 e. The molecule has 8 heteroatoms. The van der Waals surface area contributed by atoms with Crippen LogP contribution in [0.2, 0.25) is 0 Å². The molecule has 1 aliphatic heterocycles. The third-order valence-corrected chi connectivity index (χ3v) is 4.17. The third-order valence-electron chi connectivity index (χ3n) is 4.17. The maximum Gasteiger partial charge on any atom is 0.371 e. The number of aliphatic hydroxyl groups is 1. The number of carboxylic acid groups (broad SMARTS) is 1. The Bertz CT molecular complexity index is 767. The van der Waals surface area contributed by atoms with Crippen molar-refractivity contribution in [2.75, 3.05) is 20.2 Å². The lowest BCUT2D eigenvalue weighted by molar-refractivity contribution is 0.0658. The fourth-order valence-electron chi connectivity index (χ4n) is 2.86. The summed E-state index contributed by atoms with van der Waals surface area (Å²) in [7, 11) is 1.51. The molecule has 1 aliphatic rings. The zero-order valence-electron chi connectivity index (χ0n) is 14.2. The Morgan fingerprint density at radius 3 is 2.73 bits per heavy atom. The molecule has 0 aliphatic carbocycles. The highest BCUT2D eigenvalue weighted by Crippen LogP contribution is 2.30. The van der Waals surface area contributed by atoms with Crippen molar-refractivity contribution in [3.05, 3.63) is 47.4 Å². The number of nitrogens with zero attached hydrogens (tertiary/aromatic N) is 1. The van der Waals surface area contributed by atoms with Crippen LogP contribution in [0.1, 0.15) is 21.9 Å². The molecule has 2 N–H and O–H groups in total. The van der Waals surface area contributed by atoms with Crippen LogP contribution in [0.4, 0.5) is 4.39 Å². The molecule has 140 valence electrons. The quantitative estimate of drug-likeness (QED) is 0.776. The summed E-state index contributed by atoms with van der Waals surface area (Å²) >= 11 is 0. The first kappa shape index (κ1) is 18.2. The molecule has 26 heavy (non-hydrogen) atoms. The van der Waals surface area contributed by atoms with Gasteiger partial charge in [-0.25, -0.2) is 9.18 Å². The second-order valence-electron chi connectivity index (χ2n) is 6.12. The number of alkyl halides is 1. The maximum atomic E-state index is 13.4. The molecule has 1 aromatic heterocycles. The Kier molecular flexibility index (Phi) is 5.43. The van der Waals surface area contributed by atoms with Crippen LogP contribution >= 0.6 is 0 Å². The number of hydrogen-bond donors (Lipinski definition) is 2. The van der Waals surface area contributed by atoms with Gasteiger partial charge in [0.1, 0.15) is 18.5 Å². The van der Waals surface area contributed by atoms with Gasteiger partial charge in [-0.05, 0) is 29.8 Å². The van der Waals surface area contributed by atoms with Gasteiger partial charge in [0.2, 0.25) is 5.76 Å². The van der Waals surface area contributed by atoms with Crippen molar-refractivity contribution >= 4 is 5.97 Å². The Hall–Kier alpha value is -2.58. The summed E-state index contributed by atoms with van der Waals surface area (Å²) in [5.74, 6) is 0.0811. The number of carboxylic acids is 1. The van der Waals surface area contributed by atoms with Crippen LogP contribution in [0.15, 0.2) is 34.7 Å². The average Bonchev–Trinajstić information content (AvgIpc) is 3.20. The molecule has 0 radical (unpaired) electrons. The van der Waals surface area contributed by atoms with E-state index in [1.54, 1.807) is 12.1 Å². The molecule has 0 unspecified atom stereocenters. The number of halogens is 1. The van der Waals surface area contributed by atoms with Crippen molar-refractivity contribution in [1.29, 1.82) is 0 Å². The summed E-state index contributed by atoms with van der Waals surface area (Å²) in [4.78, 5) is 12.6. The van der Waals surface area contributed by atoms with Crippen LogP contribution in [0.25, 0.3) is 0 Å². The topological polar surface area (TPSA) is 92.4 Å². The number of β-amino-alcohol motifs (C(OH)–C–C–N with tert-alkyl or cyclic N) is 1. The zero-order valence-corrected chi connectivity index (χ0v) is 14.2. The normalized spacial score (nSPS) is 20.3. The number of methoxy groups -OCH3 is 1. The number of benzene rings is 1. The van der Waals surface area contributed by atoms with Crippen LogP contribution in [0.3, 0.4) is 0 Å². The van der Waals surface area contributed by atoms with E-state index in [0.29, 0.717) is 30.3 Å². The van der Waals surface area contributed by atoms with Crippen LogP contribution < -0.4 is 9.47 Å². The van der Waals surface area contributed by atoms with Crippen molar-refractivity contribution < 1.29 is 33.3 Å². The van der Waals surface area contributed by atoms with E-state index >= 15 is 0 Å². The van der Waals surface area contributed by atoms with Crippen molar-refractivity contribution in [1.82, 2.24) is 4.90 Å². The molecule has 1 aromatic carbocycles. The number of likely N-dealkylation sites (tertiary alicyclic amines) is 1. The van der Waals surface area contributed by atoms with E-state index in [4.69, 9.17) is 19.0 Å². The van der Waals surface area contributed by atoms with E-state index in [2.05, 4.69) is 0 Å². The van der Waals surface area contributed by atoms with E-state index in [1.165, 1.54) is 19.2 Å². The first-order chi connectivity index (χ1) is 12.5. The lowest BCUT2D eigenvalue weighted by Crippen LogP contribution is -2.21. The van der Waals surface area contributed by atoms with Crippen molar-refractivity contribution in [3.63, 3.8) is 0 Å². The highest BCUT2D eigenvalue weighted by molar-refractivity contribution is 5.84. The Morgan fingerprint density at radius 2 is 2.12 bits per heavy atom. The first-order valence-electron chi connectivity index (χ1n) is 8.12. The molecular weight excluding hydrogens is 345 g/mol. The van der Waals surface area contributed by atoms with Crippen molar-refractivity contribution in [2.24, 2.45) is 0 Å². The lowest BCUT2D eigenvalue weighted by Gasteiger charge is -2.16. The molecule has 2 aromatic rings. The SMILES string of the molecule is COc1cc(CN2C[C@@H](O)[C@H](F)C2)ccc1OCc1ccc(C(=O)O)o1. The molecule has 0 amide bonds. The standard InChI is InChI=1S/C18H20FNO6/c1-24-17-6-11(7-20-8-13(19)14(21)9-20)2-4-15(17)25-10-12-3-5-16(26-12)18(22)23/h2-6,13-14,21H,7-10H2,1H3,(H,22,23)/t13-,14-/m1/s1. The van der Waals surface area contributed by atoms with E-state index < -0.39 is 18.2 Å². The van der Waals surface area contributed by atoms with Gasteiger partial charge in [-0.1, -0.05) is 6.07 Å². The van der Waals surface area contributed by atoms with Gasteiger partial charge >= 0.3 is 5.97 Å². The summed E-state index contributed by atoms with van der Waals surface area (Å²) < 4.78 is 29.5. The fraction of sp³-hybridized carbons (Fsp3) is 0.389. The average molecular weight is 365 g/mol. The van der Waals surface area contributed by atoms with Crippen molar-refractivity contribution in [3.8, 4) is 11.5 Å². The smallest absolute Gasteiger partial charge is 0.371 e. The number of carbonyl (C=O) groups is 1. The van der Waals surface area contributed by atoms with Crippen LogP contribution in [-0.4, -0.2) is 53.6 Å². The van der Waals surface area contributed by atoms with Gasteiger partial charge in [-0.2, -0.15) is 0 Å². The van der Waals surface area contributed by atoms with Crippen molar-refractivity contribution in [2.45, 2.75) is 25.4 Å². The lowest BCUT2D eigenvalue weighted by atomic mass is 10.2. The summed E-state index contributed by atoms with van der Waals surface area (Å²) in [6, 6.07) is 8.26. The number of hydrogen-bond acceptors (Lipinski definition) is 6. The Labute approximate surface area is 149 Å². The molecule has 3 rings (SSSR count). The Morgan fingerprint density at radius 1 is 1.31 bits per heavy atom. The predicted molar refractivity (Wildman–Crippen MR) is 89.2 cm³/mol. The summed E-state index contributed by atoms with van der Waals surface area (Å²) in [5.41, 5.74) is 0.904. The number of rotatable bonds is 7. The van der Waals surface area contributed by atoms with Gasteiger partial charge in [0.15, 0.2) is 11.5 Å². The first-order valence-corrected chi connectivity index (χ1v) is 8.12. The summed E-state index contributed by atoms with van der Waals surface area (Å²) in [5, 5.41) is 18.3. The van der Waals surface area contributed by atoms with Crippen LogP contribution in [0, 0.1) is 0 Å². The second-order valence-corrected chi connectivity index (χ2v) is 6.12.